The first kappa shape index (κ1) is 14.5. The summed E-state index contributed by atoms with van der Waals surface area (Å²) in [5.74, 6) is -0.0443. The molecule has 3 rings (SSSR count). The average molecular weight is 318 g/mol. The van der Waals surface area contributed by atoms with Crippen LogP contribution < -0.4 is 10.2 Å². The third-order valence-electron chi connectivity index (χ3n) is 3.31. The number of amides is 1. The number of aromatic nitrogens is 1. The van der Waals surface area contributed by atoms with Crippen molar-refractivity contribution >= 4 is 35.1 Å². The van der Waals surface area contributed by atoms with E-state index in [1.165, 1.54) is 19.1 Å². The van der Waals surface area contributed by atoms with E-state index in [-0.39, 0.29) is 11.7 Å². The van der Waals surface area contributed by atoms with Gasteiger partial charge in [-0.2, -0.15) is 0 Å². The average Bonchev–Trinajstić information content (AvgIpc) is 2.47. The van der Waals surface area contributed by atoms with Crippen molar-refractivity contribution in [1.82, 2.24) is 4.98 Å². The SMILES string of the molecule is CC(=O)Nc1cc(Cl)c2c(n1)C=CN(c1ccc(F)cc1)C2. The summed E-state index contributed by atoms with van der Waals surface area (Å²) in [5.41, 5.74) is 2.45. The Morgan fingerprint density at radius 3 is 2.77 bits per heavy atom. The molecule has 0 bridgehead atoms. The van der Waals surface area contributed by atoms with E-state index < -0.39 is 0 Å². The molecule has 0 saturated carbocycles. The summed E-state index contributed by atoms with van der Waals surface area (Å²) < 4.78 is 13.0. The number of hydrogen-bond donors (Lipinski definition) is 1. The van der Waals surface area contributed by atoms with Gasteiger partial charge in [-0.3, -0.25) is 4.79 Å². The Kier molecular flexibility index (Phi) is 3.81. The van der Waals surface area contributed by atoms with Gasteiger partial charge in [0, 0.05) is 24.4 Å². The zero-order valence-corrected chi connectivity index (χ0v) is 12.6. The molecule has 0 unspecified atom stereocenters. The van der Waals surface area contributed by atoms with Crippen LogP contribution in [0.2, 0.25) is 5.02 Å². The molecule has 1 amide bonds. The van der Waals surface area contributed by atoms with E-state index in [0.717, 1.165) is 16.9 Å². The number of rotatable bonds is 2. The fourth-order valence-corrected chi connectivity index (χ4v) is 2.55. The van der Waals surface area contributed by atoms with Gasteiger partial charge in [0.05, 0.1) is 17.3 Å². The van der Waals surface area contributed by atoms with Gasteiger partial charge in [-0.1, -0.05) is 11.6 Å². The third kappa shape index (κ3) is 2.94. The fraction of sp³-hybridized carbons (Fsp3) is 0.125. The minimum absolute atomic E-state index is 0.198. The highest BCUT2D eigenvalue weighted by atomic mass is 35.5. The van der Waals surface area contributed by atoms with Gasteiger partial charge in [0.15, 0.2) is 0 Å². The summed E-state index contributed by atoms with van der Waals surface area (Å²) in [7, 11) is 0. The van der Waals surface area contributed by atoms with Crippen LogP contribution in [-0.2, 0) is 11.3 Å². The maximum atomic E-state index is 13.0. The van der Waals surface area contributed by atoms with Crippen LogP contribution in [0.15, 0.2) is 36.5 Å². The number of pyridine rings is 1. The van der Waals surface area contributed by atoms with Crippen molar-refractivity contribution < 1.29 is 9.18 Å². The van der Waals surface area contributed by atoms with E-state index in [9.17, 15) is 9.18 Å². The molecule has 0 spiro atoms. The molecule has 2 heterocycles. The minimum atomic E-state index is -0.273. The molecule has 1 aliphatic rings. The first-order valence-electron chi connectivity index (χ1n) is 6.70. The Balaban J connectivity index is 1.91. The van der Waals surface area contributed by atoms with E-state index in [1.54, 1.807) is 18.2 Å². The number of benzene rings is 1. The molecule has 0 atom stereocenters. The molecular formula is C16H13ClFN3O. The molecule has 0 fully saturated rings. The molecular weight excluding hydrogens is 305 g/mol. The lowest BCUT2D eigenvalue weighted by molar-refractivity contribution is -0.114. The van der Waals surface area contributed by atoms with Crippen molar-refractivity contribution in [3.05, 3.63) is 58.6 Å². The number of fused-ring (bicyclic) bond motifs is 1. The maximum Gasteiger partial charge on any atom is 0.222 e. The van der Waals surface area contributed by atoms with Crippen molar-refractivity contribution in [1.29, 1.82) is 0 Å². The molecule has 0 radical (unpaired) electrons. The van der Waals surface area contributed by atoms with Gasteiger partial charge in [-0.05, 0) is 36.4 Å². The first-order valence-corrected chi connectivity index (χ1v) is 7.08. The highest BCUT2D eigenvalue weighted by Crippen LogP contribution is 2.30. The highest BCUT2D eigenvalue weighted by molar-refractivity contribution is 6.31. The van der Waals surface area contributed by atoms with Gasteiger partial charge in [0.1, 0.15) is 11.6 Å². The van der Waals surface area contributed by atoms with Gasteiger partial charge in [0.25, 0.3) is 0 Å². The summed E-state index contributed by atoms with van der Waals surface area (Å²) in [4.78, 5) is 17.4. The van der Waals surface area contributed by atoms with Gasteiger partial charge < -0.3 is 10.2 Å². The minimum Gasteiger partial charge on any atom is -0.343 e. The number of halogens is 2. The Bertz CT molecular complexity index is 759. The molecule has 0 saturated heterocycles. The summed E-state index contributed by atoms with van der Waals surface area (Å²) >= 11 is 6.30. The Hall–Kier alpha value is -2.40. The van der Waals surface area contributed by atoms with Crippen LogP contribution in [-0.4, -0.2) is 10.9 Å². The van der Waals surface area contributed by atoms with E-state index >= 15 is 0 Å². The predicted octanol–water partition coefficient (Wildman–Crippen LogP) is 3.82. The summed E-state index contributed by atoms with van der Waals surface area (Å²) in [6, 6.07) is 7.87. The van der Waals surface area contributed by atoms with Crippen molar-refractivity contribution in [2.75, 3.05) is 10.2 Å². The van der Waals surface area contributed by atoms with E-state index in [1.807, 2.05) is 17.2 Å². The summed E-state index contributed by atoms with van der Waals surface area (Å²) in [6.45, 7) is 1.95. The molecule has 0 aliphatic carbocycles. The van der Waals surface area contributed by atoms with Gasteiger partial charge in [-0.25, -0.2) is 9.37 Å². The number of hydrogen-bond acceptors (Lipinski definition) is 3. The number of nitrogens with one attached hydrogen (secondary N) is 1. The standard InChI is InChI=1S/C16H13ClFN3O/c1-10(22)19-16-8-14(17)13-9-21(7-6-15(13)20-16)12-4-2-11(18)3-5-12/h2-8H,9H2,1H3,(H,19,20,22). The highest BCUT2D eigenvalue weighted by Gasteiger charge is 2.17. The fourth-order valence-electron chi connectivity index (χ4n) is 2.29. The third-order valence-corrected chi connectivity index (χ3v) is 3.64. The number of carbonyl (C=O) groups excluding carboxylic acids is 1. The second kappa shape index (κ2) is 5.77. The van der Waals surface area contributed by atoms with Gasteiger partial charge in [-0.15, -0.1) is 0 Å². The maximum absolute atomic E-state index is 13.0. The number of nitrogens with zero attached hydrogens (tertiary/aromatic N) is 2. The number of anilines is 2. The lowest BCUT2D eigenvalue weighted by Crippen LogP contribution is -2.20. The first-order chi connectivity index (χ1) is 10.5. The van der Waals surface area contributed by atoms with Crippen LogP contribution in [0.25, 0.3) is 6.08 Å². The molecule has 6 heteroatoms. The summed E-state index contributed by atoms with van der Waals surface area (Å²) in [6.07, 6.45) is 3.68. The topological polar surface area (TPSA) is 45.2 Å². The molecule has 112 valence electrons. The second-order valence-electron chi connectivity index (χ2n) is 4.95. The van der Waals surface area contributed by atoms with Gasteiger partial charge in [0.2, 0.25) is 5.91 Å². The van der Waals surface area contributed by atoms with Crippen LogP contribution in [0.4, 0.5) is 15.9 Å². The molecule has 1 aliphatic heterocycles. The van der Waals surface area contributed by atoms with E-state index in [4.69, 9.17) is 11.6 Å². The quantitative estimate of drug-likeness (QED) is 0.915. The van der Waals surface area contributed by atoms with Crippen molar-refractivity contribution in [3.8, 4) is 0 Å². The lowest BCUT2D eigenvalue weighted by atomic mass is 10.1. The van der Waals surface area contributed by atoms with Gasteiger partial charge >= 0.3 is 0 Å². The van der Waals surface area contributed by atoms with Crippen molar-refractivity contribution in [2.45, 2.75) is 13.5 Å². The Morgan fingerprint density at radius 2 is 2.09 bits per heavy atom. The van der Waals surface area contributed by atoms with Crippen LogP contribution in [0.3, 0.4) is 0 Å². The molecule has 4 nitrogen and oxygen atoms in total. The van der Waals surface area contributed by atoms with Crippen LogP contribution >= 0.6 is 11.6 Å². The van der Waals surface area contributed by atoms with Crippen LogP contribution in [0.1, 0.15) is 18.2 Å². The van der Waals surface area contributed by atoms with Crippen LogP contribution in [0.5, 0.6) is 0 Å². The zero-order chi connectivity index (χ0) is 15.7. The Morgan fingerprint density at radius 1 is 1.36 bits per heavy atom. The smallest absolute Gasteiger partial charge is 0.222 e. The second-order valence-corrected chi connectivity index (χ2v) is 5.36. The molecule has 1 aromatic carbocycles. The predicted molar refractivity (Wildman–Crippen MR) is 85.2 cm³/mol. The van der Waals surface area contributed by atoms with E-state index in [2.05, 4.69) is 10.3 Å². The van der Waals surface area contributed by atoms with Crippen LogP contribution in [0, 0.1) is 5.82 Å². The van der Waals surface area contributed by atoms with Crippen molar-refractivity contribution in [3.63, 3.8) is 0 Å². The Labute approximate surface area is 132 Å². The largest absolute Gasteiger partial charge is 0.343 e. The molecule has 1 aromatic heterocycles. The van der Waals surface area contributed by atoms with E-state index in [0.29, 0.717) is 17.4 Å². The molecule has 2 aromatic rings. The normalized spacial score (nSPS) is 13.0. The van der Waals surface area contributed by atoms with Crippen molar-refractivity contribution in [2.24, 2.45) is 0 Å². The summed E-state index contributed by atoms with van der Waals surface area (Å²) in [5, 5.41) is 3.15. The zero-order valence-electron chi connectivity index (χ0n) is 11.8. The molecule has 1 N–H and O–H groups in total. The lowest BCUT2D eigenvalue weighted by Gasteiger charge is -2.26. The number of carbonyl (C=O) groups is 1. The monoisotopic (exact) mass is 317 g/mol. The molecule has 22 heavy (non-hydrogen) atoms.